The van der Waals surface area contributed by atoms with Crippen molar-refractivity contribution in [3.05, 3.63) is 48.0 Å². The molecule has 2 aliphatic heterocycles. The van der Waals surface area contributed by atoms with Crippen LogP contribution in [0.3, 0.4) is 0 Å². The Labute approximate surface area is 145 Å². The Morgan fingerprint density at radius 3 is 2.88 bits per heavy atom. The second kappa shape index (κ2) is 6.55. The lowest BCUT2D eigenvalue weighted by atomic mass is 10.0. The van der Waals surface area contributed by atoms with Crippen LogP contribution in [0, 0.1) is 0 Å². The van der Waals surface area contributed by atoms with Crippen molar-refractivity contribution >= 4 is 5.91 Å². The predicted molar refractivity (Wildman–Crippen MR) is 90.1 cm³/mol. The highest BCUT2D eigenvalue weighted by molar-refractivity contribution is 5.81. The average Bonchev–Trinajstić information content (AvgIpc) is 3.10. The van der Waals surface area contributed by atoms with Crippen molar-refractivity contribution in [2.75, 3.05) is 13.4 Å². The SMILES string of the molecule is C[C@H](Oc1ccc2c(c1)OCO2)C(=O)N[C@H]1CCOc2ccccc21. The molecule has 0 saturated carbocycles. The Hall–Kier alpha value is -2.89. The minimum absolute atomic E-state index is 0.0692. The molecule has 0 spiro atoms. The molecule has 25 heavy (non-hydrogen) atoms. The zero-order valence-corrected chi connectivity index (χ0v) is 13.9. The molecule has 4 rings (SSSR count). The van der Waals surface area contributed by atoms with Gasteiger partial charge in [0.2, 0.25) is 6.79 Å². The summed E-state index contributed by atoms with van der Waals surface area (Å²) in [4.78, 5) is 12.5. The van der Waals surface area contributed by atoms with Crippen molar-refractivity contribution in [2.45, 2.75) is 25.5 Å². The molecule has 0 saturated heterocycles. The first-order chi connectivity index (χ1) is 12.2. The van der Waals surface area contributed by atoms with Gasteiger partial charge in [0.05, 0.1) is 12.6 Å². The third kappa shape index (κ3) is 3.20. The first-order valence-corrected chi connectivity index (χ1v) is 8.29. The van der Waals surface area contributed by atoms with Gasteiger partial charge in [-0.3, -0.25) is 4.79 Å². The fraction of sp³-hybridized carbons (Fsp3) is 0.316. The van der Waals surface area contributed by atoms with E-state index in [0.29, 0.717) is 23.9 Å². The smallest absolute Gasteiger partial charge is 0.261 e. The number of carbonyl (C=O) groups excluding carboxylic acids is 1. The molecule has 2 atom stereocenters. The highest BCUT2D eigenvalue weighted by Crippen LogP contribution is 2.35. The van der Waals surface area contributed by atoms with Crippen LogP contribution >= 0.6 is 0 Å². The molecule has 2 aliphatic rings. The largest absolute Gasteiger partial charge is 0.493 e. The summed E-state index contributed by atoms with van der Waals surface area (Å²) < 4.78 is 22.0. The summed E-state index contributed by atoms with van der Waals surface area (Å²) in [6.07, 6.45) is 0.106. The lowest BCUT2D eigenvalue weighted by Gasteiger charge is -2.27. The molecular weight excluding hydrogens is 322 g/mol. The lowest BCUT2D eigenvalue weighted by Crippen LogP contribution is -2.40. The zero-order chi connectivity index (χ0) is 17.2. The number of ether oxygens (including phenoxy) is 4. The van der Waals surface area contributed by atoms with Gasteiger partial charge >= 0.3 is 0 Å². The van der Waals surface area contributed by atoms with Crippen molar-refractivity contribution in [3.8, 4) is 23.0 Å². The minimum atomic E-state index is -0.629. The first kappa shape index (κ1) is 15.6. The van der Waals surface area contributed by atoms with E-state index in [0.717, 1.165) is 17.7 Å². The zero-order valence-electron chi connectivity index (χ0n) is 13.9. The van der Waals surface area contributed by atoms with Crippen LogP contribution in [-0.4, -0.2) is 25.4 Å². The first-order valence-electron chi connectivity index (χ1n) is 8.29. The van der Waals surface area contributed by atoms with Crippen molar-refractivity contribution in [3.63, 3.8) is 0 Å². The van der Waals surface area contributed by atoms with E-state index in [1.165, 1.54) is 0 Å². The molecule has 0 aliphatic carbocycles. The number of hydrogen-bond donors (Lipinski definition) is 1. The molecule has 0 radical (unpaired) electrons. The number of benzene rings is 2. The molecule has 6 heteroatoms. The monoisotopic (exact) mass is 341 g/mol. The van der Waals surface area contributed by atoms with Gasteiger partial charge in [0, 0.05) is 18.1 Å². The van der Waals surface area contributed by atoms with Gasteiger partial charge in [0.15, 0.2) is 17.6 Å². The maximum atomic E-state index is 12.5. The summed E-state index contributed by atoms with van der Waals surface area (Å²) in [5, 5.41) is 3.05. The van der Waals surface area contributed by atoms with Crippen LogP contribution in [0.1, 0.15) is 24.9 Å². The number of nitrogens with one attached hydrogen (secondary N) is 1. The molecule has 6 nitrogen and oxygen atoms in total. The normalized spacial score (nSPS) is 18.7. The second-order valence-electron chi connectivity index (χ2n) is 6.01. The third-order valence-electron chi connectivity index (χ3n) is 4.30. The number of hydrogen-bond acceptors (Lipinski definition) is 5. The van der Waals surface area contributed by atoms with Gasteiger partial charge in [-0.15, -0.1) is 0 Å². The fourth-order valence-electron chi connectivity index (χ4n) is 2.99. The predicted octanol–water partition coefficient (Wildman–Crippen LogP) is 2.82. The Balaban J connectivity index is 1.41. The van der Waals surface area contributed by atoms with E-state index < -0.39 is 6.10 Å². The van der Waals surface area contributed by atoms with Gasteiger partial charge in [-0.05, 0) is 25.1 Å². The van der Waals surface area contributed by atoms with Gasteiger partial charge < -0.3 is 24.3 Å². The van der Waals surface area contributed by atoms with Crippen LogP contribution in [0.25, 0.3) is 0 Å². The summed E-state index contributed by atoms with van der Waals surface area (Å²) in [5.41, 5.74) is 0.998. The molecule has 130 valence electrons. The Morgan fingerprint density at radius 1 is 1.12 bits per heavy atom. The fourth-order valence-corrected chi connectivity index (χ4v) is 2.99. The van der Waals surface area contributed by atoms with Gasteiger partial charge in [0.25, 0.3) is 5.91 Å². The summed E-state index contributed by atoms with van der Waals surface area (Å²) in [6.45, 7) is 2.52. The molecule has 2 heterocycles. The summed E-state index contributed by atoms with van der Waals surface area (Å²) in [6, 6.07) is 13.0. The Morgan fingerprint density at radius 2 is 1.96 bits per heavy atom. The van der Waals surface area contributed by atoms with E-state index in [9.17, 15) is 4.79 Å². The van der Waals surface area contributed by atoms with E-state index in [1.54, 1.807) is 25.1 Å². The van der Waals surface area contributed by atoms with Crippen LogP contribution < -0.4 is 24.3 Å². The molecule has 0 bridgehead atoms. The summed E-state index contributed by atoms with van der Waals surface area (Å²) >= 11 is 0. The molecular formula is C19H19NO5. The van der Waals surface area contributed by atoms with Crippen molar-refractivity contribution < 1.29 is 23.7 Å². The van der Waals surface area contributed by atoms with Crippen LogP contribution in [-0.2, 0) is 4.79 Å². The maximum absolute atomic E-state index is 12.5. The summed E-state index contributed by atoms with van der Waals surface area (Å²) in [5.74, 6) is 2.54. The lowest BCUT2D eigenvalue weighted by molar-refractivity contribution is -0.128. The molecule has 1 N–H and O–H groups in total. The number of rotatable bonds is 4. The molecule has 1 amide bonds. The van der Waals surface area contributed by atoms with Crippen LogP contribution in [0.2, 0.25) is 0 Å². The van der Waals surface area contributed by atoms with E-state index in [1.807, 2.05) is 24.3 Å². The number of fused-ring (bicyclic) bond motifs is 2. The highest BCUT2D eigenvalue weighted by Gasteiger charge is 2.25. The molecule has 2 aromatic rings. The van der Waals surface area contributed by atoms with Crippen molar-refractivity contribution in [1.82, 2.24) is 5.32 Å². The average molecular weight is 341 g/mol. The van der Waals surface area contributed by atoms with Gasteiger partial charge in [-0.25, -0.2) is 0 Å². The molecule has 0 aromatic heterocycles. The Bertz CT molecular complexity index is 791. The maximum Gasteiger partial charge on any atom is 0.261 e. The van der Waals surface area contributed by atoms with E-state index in [4.69, 9.17) is 18.9 Å². The van der Waals surface area contributed by atoms with E-state index >= 15 is 0 Å². The number of carbonyl (C=O) groups is 1. The van der Waals surface area contributed by atoms with Gasteiger partial charge in [-0.2, -0.15) is 0 Å². The van der Waals surface area contributed by atoms with Crippen molar-refractivity contribution in [2.24, 2.45) is 0 Å². The number of para-hydroxylation sites is 1. The highest BCUT2D eigenvalue weighted by atomic mass is 16.7. The molecule has 2 aromatic carbocycles. The minimum Gasteiger partial charge on any atom is -0.493 e. The van der Waals surface area contributed by atoms with E-state index in [2.05, 4.69) is 5.32 Å². The molecule has 0 fully saturated rings. The van der Waals surface area contributed by atoms with Gasteiger partial charge in [-0.1, -0.05) is 18.2 Å². The van der Waals surface area contributed by atoms with Crippen LogP contribution in [0.15, 0.2) is 42.5 Å². The topological polar surface area (TPSA) is 66.0 Å². The standard InChI is InChI=1S/C19H19NO5/c1-12(25-13-6-7-17-18(10-13)24-11-23-17)19(21)20-15-8-9-22-16-5-3-2-4-14(15)16/h2-7,10,12,15H,8-9,11H2,1H3,(H,20,21)/t12-,15-/m0/s1. The van der Waals surface area contributed by atoms with E-state index in [-0.39, 0.29) is 18.7 Å². The Kier molecular flexibility index (Phi) is 4.09. The second-order valence-corrected chi connectivity index (χ2v) is 6.01. The quantitative estimate of drug-likeness (QED) is 0.926. The third-order valence-corrected chi connectivity index (χ3v) is 4.30. The molecule has 0 unspecified atom stereocenters. The van der Waals surface area contributed by atoms with Crippen LogP contribution in [0.5, 0.6) is 23.0 Å². The van der Waals surface area contributed by atoms with Gasteiger partial charge in [0.1, 0.15) is 11.5 Å². The van der Waals surface area contributed by atoms with Crippen molar-refractivity contribution in [1.29, 1.82) is 0 Å². The van der Waals surface area contributed by atoms with Crippen LogP contribution in [0.4, 0.5) is 0 Å². The summed E-state index contributed by atoms with van der Waals surface area (Å²) in [7, 11) is 0. The number of amides is 1.